The number of fused-ring (bicyclic) bond motifs is 1. The van der Waals surface area contributed by atoms with E-state index in [9.17, 15) is 4.79 Å². The molecule has 0 amide bonds. The van der Waals surface area contributed by atoms with Crippen molar-refractivity contribution >= 4 is 10.9 Å². The van der Waals surface area contributed by atoms with Crippen LogP contribution in [0.3, 0.4) is 0 Å². The number of nitrogens with one attached hydrogen (secondary N) is 1. The van der Waals surface area contributed by atoms with Crippen molar-refractivity contribution in [3.05, 3.63) is 51.6 Å². The zero-order valence-electron chi connectivity index (χ0n) is 21.1. The van der Waals surface area contributed by atoms with Crippen LogP contribution in [0.1, 0.15) is 93.7 Å². The number of H-pyrrole nitrogens is 1. The number of pyridine rings is 1. The highest BCUT2D eigenvalue weighted by Gasteiger charge is 2.32. The van der Waals surface area contributed by atoms with Crippen molar-refractivity contribution in [2.75, 3.05) is 13.2 Å². The van der Waals surface area contributed by atoms with Crippen LogP contribution < -0.4 is 5.56 Å². The van der Waals surface area contributed by atoms with Crippen molar-refractivity contribution < 1.29 is 4.74 Å². The zero-order valence-corrected chi connectivity index (χ0v) is 21.1. The molecule has 1 aliphatic carbocycles. The molecule has 2 aromatic heterocycles. The van der Waals surface area contributed by atoms with Crippen molar-refractivity contribution in [3.63, 3.8) is 0 Å². The lowest BCUT2D eigenvalue weighted by molar-refractivity contribution is 0.0468. The van der Waals surface area contributed by atoms with Crippen molar-refractivity contribution in [1.82, 2.24) is 30.1 Å². The van der Waals surface area contributed by atoms with Crippen molar-refractivity contribution in [1.29, 1.82) is 0 Å². The van der Waals surface area contributed by atoms with E-state index in [-0.39, 0.29) is 17.7 Å². The van der Waals surface area contributed by atoms with Crippen LogP contribution in [0.5, 0.6) is 0 Å². The minimum atomic E-state index is -0.0220. The van der Waals surface area contributed by atoms with Crippen molar-refractivity contribution in [3.8, 4) is 0 Å². The van der Waals surface area contributed by atoms with Gasteiger partial charge in [0.1, 0.15) is 0 Å². The third-order valence-electron chi connectivity index (χ3n) is 7.74. The van der Waals surface area contributed by atoms with E-state index in [2.05, 4.69) is 49.1 Å². The Labute approximate surface area is 207 Å². The fourth-order valence-electron chi connectivity index (χ4n) is 5.87. The minimum Gasteiger partial charge on any atom is -0.377 e. The summed E-state index contributed by atoms with van der Waals surface area (Å²) in [4.78, 5) is 18.7. The second-order valence-electron chi connectivity index (χ2n) is 10.3. The quantitative estimate of drug-likeness (QED) is 0.473. The van der Waals surface area contributed by atoms with Crippen LogP contribution in [-0.2, 0) is 11.3 Å². The van der Waals surface area contributed by atoms with Crippen LogP contribution in [0, 0.1) is 6.92 Å². The first-order valence-electron chi connectivity index (χ1n) is 13.4. The van der Waals surface area contributed by atoms with Crippen LogP contribution in [0.25, 0.3) is 10.9 Å². The first-order chi connectivity index (χ1) is 17.1. The molecule has 2 fully saturated rings. The molecule has 3 heterocycles. The molecule has 1 N–H and O–H groups in total. The molecule has 1 aromatic carbocycles. The van der Waals surface area contributed by atoms with Gasteiger partial charge in [-0.15, -0.1) is 5.10 Å². The molecule has 35 heavy (non-hydrogen) atoms. The summed E-state index contributed by atoms with van der Waals surface area (Å²) in [5.74, 6) is 0.935. The third-order valence-corrected chi connectivity index (χ3v) is 7.74. The van der Waals surface area contributed by atoms with Crippen LogP contribution >= 0.6 is 0 Å². The van der Waals surface area contributed by atoms with Gasteiger partial charge in [0.05, 0.1) is 23.7 Å². The van der Waals surface area contributed by atoms with Crippen LogP contribution in [0.2, 0.25) is 0 Å². The van der Waals surface area contributed by atoms with Crippen LogP contribution in [0.15, 0.2) is 29.1 Å². The number of para-hydroxylation sites is 1. The van der Waals surface area contributed by atoms with Crippen molar-refractivity contribution in [2.45, 2.75) is 96.4 Å². The fourth-order valence-corrected chi connectivity index (χ4v) is 5.87. The molecule has 1 saturated heterocycles. The smallest absolute Gasteiger partial charge is 0.252 e. The van der Waals surface area contributed by atoms with Crippen LogP contribution in [-0.4, -0.2) is 49.3 Å². The van der Waals surface area contributed by atoms with Crippen molar-refractivity contribution in [2.24, 2.45) is 0 Å². The molecule has 1 aliphatic heterocycles. The number of aryl methyl sites for hydroxylation is 1. The molecule has 1 saturated carbocycles. The average Bonchev–Trinajstić information content (AvgIpc) is 3.56. The second kappa shape index (κ2) is 11.0. The fraction of sp³-hybridized carbons (Fsp3) is 0.630. The van der Waals surface area contributed by atoms with E-state index in [0.717, 1.165) is 79.5 Å². The Balaban J connectivity index is 1.50. The molecule has 0 radical (unpaired) electrons. The number of rotatable bonds is 9. The Bertz CT molecular complexity index is 1180. The van der Waals surface area contributed by atoms with Gasteiger partial charge in [-0.1, -0.05) is 50.8 Å². The first kappa shape index (κ1) is 24.1. The third kappa shape index (κ3) is 5.33. The summed E-state index contributed by atoms with van der Waals surface area (Å²) in [5, 5.41) is 14.2. The zero-order chi connectivity index (χ0) is 24.2. The maximum Gasteiger partial charge on any atom is 0.252 e. The molecule has 0 unspecified atom stereocenters. The molecule has 8 nitrogen and oxygen atoms in total. The van der Waals surface area contributed by atoms with Gasteiger partial charge in [0.25, 0.3) is 5.56 Å². The standard InChI is InChI=1S/C27H38N6O2/c1-3-9-24(26-29-30-31-33(26)22-12-5-4-6-13-22)32(18-23-14-8-15-35-23)17-21-16-20-11-7-10-19(2)25(20)28-27(21)34/h7,10-11,16,22-24H,3-6,8-9,12-15,17-18H2,1-2H3,(H,28,34)/t23-,24+/m1/s1. The SMILES string of the molecule is CCC[C@@H](c1nnnn1C1CCCCC1)N(Cc1cc2cccc(C)c2[nH]c1=O)C[C@H]1CCCO1. The lowest BCUT2D eigenvalue weighted by Crippen LogP contribution is -2.38. The van der Waals surface area contributed by atoms with E-state index in [1.807, 2.05) is 19.1 Å². The molecule has 2 atom stereocenters. The van der Waals surface area contributed by atoms with Gasteiger partial charge in [-0.2, -0.15) is 0 Å². The summed E-state index contributed by atoms with van der Waals surface area (Å²) >= 11 is 0. The normalized spacial score (nSPS) is 20.1. The maximum absolute atomic E-state index is 13.2. The second-order valence-corrected chi connectivity index (χ2v) is 10.3. The Hall–Kier alpha value is -2.58. The summed E-state index contributed by atoms with van der Waals surface area (Å²) in [6.07, 6.45) is 10.3. The molecule has 0 spiro atoms. The van der Waals surface area contributed by atoms with Gasteiger partial charge < -0.3 is 9.72 Å². The maximum atomic E-state index is 13.2. The summed E-state index contributed by atoms with van der Waals surface area (Å²) in [6.45, 7) is 6.36. The van der Waals surface area contributed by atoms with Gasteiger partial charge in [0.2, 0.25) is 0 Å². The highest BCUT2D eigenvalue weighted by molar-refractivity contribution is 5.81. The largest absolute Gasteiger partial charge is 0.377 e. The van der Waals surface area contributed by atoms with E-state index >= 15 is 0 Å². The molecule has 2 aliphatic rings. The van der Waals surface area contributed by atoms with Crippen LogP contribution in [0.4, 0.5) is 0 Å². The van der Waals surface area contributed by atoms with Gasteiger partial charge in [0.15, 0.2) is 5.82 Å². The van der Waals surface area contributed by atoms with Gasteiger partial charge in [-0.05, 0) is 66.5 Å². The number of hydrogen-bond acceptors (Lipinski definition) is 6. The average molecular weight is 479 g/mol. The Kier molecular flexibility index (Phi) is 7.58. The van der Waals surface area contributed by atoms with Gasteiger partial charge >= 0.3 is 0 Å². The summed E-state index contributed by atoms with van der Waals surface area (Å²) in [6, 6.07) is 8.60. The monoisotopic (exact) mass is 478 g/mol. The number of benzene rings is 1. The van der Waals surface area contributed by atoms with Gasteiger partial charge in [-0.3, -0.25) is 9.69 Å². The minimum absolute atomic E-state index is 0.0220. The number of hydrogen-bond donors (Lipinski definition) is 1. The lowest BCUT2D eigenvalue weighted by atomic mass is 9.95. The number of aromatic amines is 1. The Morgan fingerprint density at radius 2 is 2.06 bits per heavy atom. The van der Waals surface area contributed by atoms with E-state index in [1.165, 1.54) is 19.3 Å². The first-order valence-corrected chi connectivity index (χ1v) is 13.4. The molecule has 0 bridgehead atoms. The van der Waals surface area contributed by atoms with Gasteiger partial charge in [-0.25, -0.2) is 4.68 Å². The molecule has 8 heteroatoms. The molecule has 3 aromatic rings. The number of tetrazole rings is 1. The molecular formula is C27H38N6O2. The highest BCUT2D eigenvalue weighted by Crippen LogP contribution is 2.33. The van der Waals surface area contributed by atoms with Gasteiger partial charge in [0, 0.05) is 25.3 Å². The highest BCUT2D eigenvalue weighted by atomic mass is 16.5. The van der Waals surface area contributed by atoms with E-state index in [0.29, 0.717) is 12.6 Å². The topological polar surface area (TPSA) is 88.9 Å². The lowest BCUT2D eigenvalue weighted by Gasteiger charge is -2.33. The molecule has 188 valence electrons. The Morgan fingerprint density at radius 3 is 2.83 bits per heavy atom. The summed E-state index contributed by atoms with van der Waals surface area (Å²) in [7, 11) is 0. The number of ether oxygens (including phenoxy) is 1. The number of nitrogens with zero attached hydrogens (tertiary/aromatic N) is 5. The Morgan fingerprint density at radius 1 is 1.20 bits per heavy atom. The summed E-state index contributed by atoms with van der Waals surface area (Å²) < 4.78 is 8.14. The number of aromatic nitrogens is 5. The molecule has 5 rings (SSSR count). The predicted molar refractivity (Wildman–Crippen MR) is 136 cm³/mol. The van der Waals surface area contributed by atoms with E-state index < -0.39 is 0 Å². The van der Waals surface area contributed by atoms with E-state index in [1.54, 1.807) is 0 Å². The predicted octanol–water partition coefficient (Wildman–Crippen LogP) is 4.85. The summed E-state index contributed by atoms with van der Waals surface area (Å²) in [5.41, 5.74) is 2.75. The van der Waals surface area contributed by atoms with E-state index in [4.69, 9.17) is 4.74 Å². The molecular weight excluding hydrogens is 440 g/mol.